The summed E-state index contributed by atoms with van der Waals surface area (Å²) in [7, 11) is 0. The van der Waals surface area contributed by atoms with E-state index in [1.54, 1.807) is 17.0 Å². The Hall–Kier alpha value is -1.40. The molecule has 0 aliphatic rings. The molecule has 0 bridgehead atoms. The van der Waals surface area contributed by atoms with Crippen molar-refractivity contribution >= 4 is 5.82 Å². The molecule has 0 aliphatic heterocycles. The maximum absolute atomic E-state index is 12.1. The monoisotopic (exact) mass is 239 g/mol. The molecule has 1 aromatic heterocycles. The Kier molecular flexibility index (Phi) is 5.65. The highest BCUT2D eigenvalue weighted by Gasteiger charge is 2.11. The summed E-state index contributed by atoms with van der Waals surface area (Å²) in [5, 5.41) is 0. The van der Waals surface area contributed by atoms with E-state index in [1.807, 2.05) is 11.8 Å². The van der Waals surface area contributed by atoms with Crippen molar-refractivity contribution in [1.29, 1.82) is 0 Å². The summed E-state index contributed by atoms with van der Waals surface area (Å²) < 4.78 is 1.67. The molecule has 1 rings (SSSR count). The molecule has 17 heavy (non-hydrogen) atoms. The SMILES string of the molecule is CCCn1ccnc(N(CCN)CCN)c1=O. The normalized spacial score (nSPS) is 10.5. The van der Waals surface area contributed by atoms with Crippen LogP contribution in [0.5, 0.6) is 0 Å². The number of rotatable bonds is 7. The number of hydrogen-bond acceptors (Lipinski definition) is 5. The Morgan fingerprint density at radius 3 is 2.53 bits per heavy atom. The quantitative estimate of drug-likeness (QED) is 0.661. The minimum absolute atomic E-state index is 0.0729. The topological polar surface area (TPSA) is 90.2 Å². The van der Waals surface area contributed by atoms with Gasteiger partial charge in [-0.2, -0.15) is 0 Å². The summed E-state index contributed by atoms with van der Waals surface area (Å²) in [5.41, 5.74) is 11.0. The largest absolute Gasteiger partial charge is 0.349 e. The predicted molar refractivity (Wildman–Crippen MR) is 69.1 cm³/mol. The first-order valence-corrected chi connectivity index (χ1v) is 5.95. The van der Waals surface area contributed by atoms with Crippen molar-refractivity contribution in [2.45, 2.75) is 19.9 Å². The van der Waals surface area contributed by atoms with E-state index in [0.29, 0.717) is 38.5 Å². The molecule has 0 aliphatic carbocycles. The van der Waals surface area contributed by atoms with Crippen LogP contribution in [0.4, 0.5) is 5.82 Å². The summed E-state index contributed by atoms with van der Waals surface area (Å²) >= 11 is 0. The second-order valence-electron chi connectivity index (χ2n) is 3.81. The van der Waals surface area contributed by atoms with Crippen LogP contribution >= 0.6 is 0 Å². The van der Waals surface area contributed by atoms with Crippen molar-refractivity contribution in [2.24, 2.45) is 11.5 Å². The van der Waals surface area contributed by atoms with Crippen LogP contribution in [-0.4, -0.2) is 35.7 Å². The highest BCUT2D eigenvalue weighted by molar-refractivity contribution is 5.35. The van der Waals surface area contributed by atoms with Crippen molar-refractivity contribution in [3.63, 3.8) is 0 Å². The number of aryl methyl sites for hydroxylation is 1. The minimum Gasteiger partial charge on any atom is -0.349 e. The van der Waals surface area contributed by atoms with Gasteiger partial charge in [-0.05, 0) is 6.42 Å². The van der Waals surface area contributed by atoms with Gasteiger partial charge in [-0.15, -0.1) is 0 Å². The Bertz CT molecular complexity index is 384. The van der Waals surface area contributed by atoms with Gasteiger partial charge in [0.25, 0.3) is 5.56 Å². The third-order valence-corrected chi connectivity index (χ3v) is 2.46. The smallest absolute Gasteiger partial charge is 0.293 e. The van der Waals surface area contributed by atoms with Crippen LogP contribution in [0.2, 0.25) is 0 Å². The van der Waals surface area contributed by atoms with E-state index in [-0.39, 0.29) is 5.56 Å². The van der Waals surface area contributed by atoms with E-state index in [4.69, 9.17) is 11.5 Å². The van der Waals surface area contributed by atoms with Crippen molar-refractivity contribution in [3.05, 3.63) is 22.7 Å². The number of aromatic nitrogens is 2. The molecule has 0 spiro atoms. The van der Waals surface area contributed by atoms with Gasteiger partial charge in [0.1, 0.15) is 0 Å². The van der Waals surface area contributed by atoms with Gasteiger partial charge in [-0.25, -0.2) is 4.98 Å². The molecule has 1 aromatic rings. The van der Waals surface area contributed by atoms with Crippen molar-refractivity contribution < 1.29 is 0 Å². The third-order valence-electron chi connectivity index (χ3n) is 2.46. The van der Waals surface area contributed by atoms with Crippen LogP contribution in [0.3, 0.4) is 0 Å². The molecule has 0 radical (unpaired) electrons. The zero-order valence-corrected chi connectivity index (χ0v) is 10.3. The second kappa shape index (κ2) is 7.03. The van der Waals surface area contributed by atoms with Crippen molar-refractivity contribution in [1.82, 2.24) is 9.55 Å². The first-order valence-electron chi connectivity index (χ1n) is 5.95. The number of nitrogens with zero attached hydrogens (tertiary/aromatic N) is 3. The highest BCUT2D eigenvalue weighted by atomic mass is 16.1. The van der Waals surface area contributed by atoms with Gasteiger partial charge in [0.15, 0.2) is 5.82 Å². The number of anilines is 1. The Morgan fingerprint density at radius 1 is 1.35 bits per heavy atom. The van der Waals surface area contributed by atoms with E-state index in [2.05, 4.69) is 4.98 Å². The van der Waals surface area contributed by atoms with Crippen molar-refractivity contribution in [2.75, 3.05) is 31.1 Å². The van der Waals surface area contributed by atoms with Crippen LogP contribution in [0.25, 0.3) is 0 Å². The molecule has 0 unspecified atom stereocenters. The summed E-state index contributed by atoms with van der Waals surface area (Å²) in [5.74, 6) is 0.442. The maximum atomic E-state index is 12.1. The fourth-order valence-electron chi connectivity index (χ4n) is 1.70. The van der Waals surface area contributed by atoms with E-state index in [0.717, 1.165) is 6.42 Å². The lowest BCUT2D eigenvalue weighted by molar-refractivity contribution is 0.640. The molecule has 0 saturated carbocycles. The van der Waals surface area contributed by atoms with Gasteiger partial charge in [0.05, 0.1) is 0 Å². The summed E-state index contributed by atoms with van der Waals surface area (Å²) in [4.78, 5) is 18.1. The average Bonchev–Trinajstić information content (AvgIpc) is 2.32. The first kappa shape index (κ1) is 13.7. The molecular formula is C11H21N5O. The fraction of sp³-hybridized carbons (Fsp3) is 0.636. The van der Waals surface area contributed by atoms with E-state index < -0.39 is 0 Å². The van der Waals surface area contributed by atoms with Crippen LogP contribution in [0.1, 0.15) is 13.3 Å². The summed E-state index contributed by atoms with van der Waals surface area (Å²) in [6.45, 7) is 4.87. The average molecular weight is 239 g/mol. The molecule has 96 valence electrons. The fourth-order valence-corrected chi connectivity index (χ4v) is 1.70. The lowest BCUT2D eigenvalue weighted by Crippen LogP contribution is -2.39. The molecule has 6 nitrogen and oxygen atoms in total. The number of hydrogen-bond donors (Lipinski definition) is 2. The molecule has 0 aromatic carbocycles. The summed E-state index contributed by atoms with van der Waals surface area (Å²) in [6, 6.07) is 0. The first-order chi connectivity index (χ1) is 8.24. The van der Waals surface area contributed by atoms with Gasteiger partial charge in [-0.3, -0.25) is 4.79 Å². The Balaban J connectivity index is 3.01. The molecular weight excluding hydrogens is 218 g/mol. The van der Waals surface area contributed by atoms with Crippen molar-refractivity contribution in [3.8, 4) is 0 Å². The third kappa shape index (κ3) is 3.54. The molecule has 0 amide bonds. The summed E-state index contributed by atoms with van der Waals surface area (Å²) in [6.07, 6.45) is 4.27. The minimum atomic E-state index is -0.0729. The van der Waals surface area contributed by atoms with Gasteiger partial charge in [0.2, 0.25) is 0 Å². The molecule has 0 fully saturated rings. The van der Waals surface area contributed by atoms with Crippen LogP contribution in [-0.2, 0) is 6.54 Å². The Labute approximate surface area is 101 Å². The van der Waals surface area contributed by atoms with E-state index in [9.17, 15) is 4.79 Å². The van der Waals surface area contributed by atoms with Crippen LogP contribution < -0.4 is 21.9 Å². The molecule has 6 heteroatoms. The standard InChI is InChI=1S/C11H21N5O/c1-2-6-16-9-5-14-10(11(16)17)15(7-3-12)8-4-13/h5,9H,2-4,6-8,12-13H2,1H3. The zero-order chi connectivity index (χ0) is 12.7. The molecule has 0 atom stereocenters. The van der Waals surface area contributed by atoms with Gasteiger partial charge in [-0.1, -0.05) is 6.92 Å². The van der Waals surface area contributed by atoms with Gasteiger partial charge >= 0.3 is 0 Å². The molecule has 0 saturated heterocycles. The lowest BCUT2D eigenvalue weighted by Gasteiger charge is -2.21. The van der Waals surface area contributed by atoms with E-state index in [1.165, 1.54) is 0 Å². The number of nitrogens with two attached hydrogens (primary N) is 2. The van der Waals surface area contributed by atoms with Crippen LogP contribution in [0.15, 0.2) is 17.2 Å². The Morgan fingerprint density at radius 2 is 2.00 bits per heavy atom. The van der Waals surface area contributed by atoms with Gasteiger partial charge in [0, 0.05) is 45.1 Å². The van der Waals surface area contributed by atoms with E-state index >= 15 is 0 Å². The molecule has 1 heterocycles. The highest BCUT2D eigenvalue weighted by Crippen LogP contribution is 2.02. The maximum Gasteiger partial charge on any atom is 0.293 e. The zero-order valence-electron chi connectivity index (χ0n) is 10.3. The molecule has 4 N–H and O–H groups in total. The van der Waals surface area contributed by atoms with Crippen LogP contribution in [0, 0.1) is 0 Å². The van der Waals surface area contributed by atoms with Gasteiger partial charge < -0.3 is 20.9 Å². The second-order valence-corrected chi connectivity index (χ2v) is 3.81. The predicted octanol–water partition coefficient (Wildman–Crippen LogP) is -0.623. The lowest BCUT2D eigenvalue weighted by atomic mass is 10.4.